The molecule has 17 heavy (non-hydrogen) atoms. The lowest BCUT2D eigenvalue weighted by molar-refractivity contribution is -0.138. The number of nitrogens with one attached hydrogen (secondary N) is 1. The highest BCUT2D eigenvalue weighted by Crippen LogP contribution is 2.12. The zero-order valence-electron chi connectivity index (χ0n) is 10.4. The molecule has 1 saturated heterocycles. The Morgan fingerprint density at radius 1 is 1.41 bits per heavy atom. The third kappa shape index (κ3) is 3.89. The molecular weight excluding hydrogens is 222 g/mol. The van der Waals surface area contributed by atoms with E-state index in [0.29, 0.717) is 26.3 Å². The fraction of sp³-hybridized carbons (Fsp3) is 0.818. The van der Waals surface area contributed by atoms with Gasteiger partial charge in [-0.1, -0.05) is 20.3 Å². The van der Waals surface area contributed by atoms with E-state index >= 15 is 0 Å². The van der Waals surface area contributed by atoms with Gasteiger partial charge in [-0.05, 0) is 5.92 Å². The minimum Gasteiger partial charge on any atom is -0.378 e. The molecule has 1 rings (SSSR count). The molecule has 0 aromatic heterocycles. The van der Waals surface area contributed by atoms with Crippen LogP contribution in [0.3, 0.4) is 0 Å². The van der Waals surface area contributed by atoms with Crippen molar-refractivity contribution in [2.45, 2.75) is 26.3 Å². The third-order valence-corrected chi connectivity index (χ3v) is 3.10. The second kappa shape index (κ2) is 6.44. The Morgan fingerprint density at radius 2 is 2.00 bits per heavy atom. The maximum Gasteiger partial charge on any atom is 0.312 e. The van der Waals surface area contributed by atoms with Crippen molar-refractivity contribution >= 4 is 11.9 Å². The van der Waals surface area contributed by atoms with Gasteiger partial charge < -0.3 is 20.7 Å². The van der Waals surface area contributed by atoms with E-state index < -0.39 is 12.1 Å². The summed E-state index contributed by atoms with van der Waals surface area (Å²) in [5, 5.41) is 2.53. The highest BCUT2D eigenvalue weighted by molar-refractivity contribution is 5.86. The molecule has 0 bridgehead atoms. The van der Waals surface area contributed by atoms with Crippen LogP contribution in [0.25, 0.3) is 0 Å². The summed E-state index contributed by atoms with van der Waals surface area (Å²) >= 11 is 0. The van der Waals surface area contributed by atoms with Crippen molar-refractivity contribution in [3.05, 3.63) is 0 Å². The number of hydrogen-bond donors (Lipinski definition) is 2. The zero-order valence-corrected chi connectivity index (χ0v) is 10.4. The summed E-state index contributed by atoms with van der Waals surface area (Å²) in [5.41, 5.74) is 5.11. The van der Waals surface area contributed by atoms with Crippen LogP contribution in [0.5, 0.6) is 0 Å². The number of hydrogen-bond acceptors (Lipinski definition) is 3. The molecule has 0 spiro atoms. The van der Waals surface area contributed by atoms with Crippen LogP contribution in [0, 0.1) is 5.92 Å². The van der Waals surface area contributed by atoms with E-state index in [-0.39, 0.29) is 11.8 Å². The molecule has 1 aliphatic heterocycles. The predicted octanol–water partition coefficient (Wildman–Crippen LogP) is -0.0718. The first-order valence-corrected chi connectivity index (χ1v) is 5.98. The minimum atomic E-state index is -0.656. The number of nitrogens with zero attached hydrogens (tertiary/aromatic N) is 1. The Hall–Kier alpha value is -1.30. The van der Waals surface area contributed by atoms with E-state index in [1.54, 1.807) is 4.90 Å². The standard InChI is InChI=1S/C11H21N3O3/c1-3-8(2)9(13-11(12)16)10(15)14-4-6-17-7-5-14/h8-9H,3-7H2,1-2H3,(H3,12,13,16)/t8-,9+/m1/s1. The van der Waals surface area contributed by atoms with Crippen LogP contribution in [0.1, 0.15) is 20.3 Å². The van der Waals surface area contributed by atoms with Gasteiger partial charge in [0.25, 0.3) is 0 Å². The minimum absolute atomic E-state index is 0.0674. The largest absolute Gasteiger partial charge is 0.378 e. The van der Waals surface area contributed by atoms with Crippen molar-refractivity contribution in [2.75, 3.05) is 26.3 Å². The fourth-order valence-electron chi connectivity index (χ4n) is 1.82. The molecular formula is C11H21N3O3. The van der Waals surface area contributed by atoms with Crippen molar-refractivity contribution in [1.29, 1.82) is 0 Å². The van der Waals surface area contributed by atoms with E-state index in [2.05, 4.69) is 5.32 Å². The molecule has 2 atom stereocenters. The summed E-state index contributed by atoms with van der Waals surface area (Å²) in [5.74, 6) is -0.000653. The number of primary amides is 1. The maximum absolute atomic E-state index is 12.2. The highest BCUT2D eigenvalue weighted by Gasteiger charge is 2.30. The number of morpholine rings is 1. The SMILES string of the molecule is CC[C@@H](C)[C@H](NC(N)=O)C(=O)N1CCOCC1. The first kappa shape index (κ1) is 13.8. The topological polar surface area (TPSA) is 84.7 Å². The van der Waals surface area contributed by atoms with Crippen LogP contribution in [-0.2, 0) is 9.53 Å². The molecule has 0 saturated carbocycles. The molecule has 3 N–H and O–H groups in total. The van der Waals surface area contributed by atoms with Crippen molar-refractivity contribution in [3.63, 3.8) is 0 Å². The van der Waals surface area contributed by atoms with Crippen LogP contribution in [0.15, 0.2) is 0 Å². The smallest absolute Gasteiger partial charge is 0.312 e. The Morgan fingerprint density at radius 3 is 2.47 bits per heavy atom. The van der Waals surface area contributed by atoms with Crippen molar-refractivity contribution < 1.29 is 14.3 Å². The quantitative estimate of drug-likeness (QED) is 0.724. The van der Waals surface area contributed by atoms with E-state index in [4.69, 9.17) is 10.5 Å². The lowest BCUT2D eigenvalue weighted by Crippen LogP contribution is -2.55. The molecule has 6 heteroatoms. The summed E-state index contributed by atoms with van der Waals surface area (Å²) < 4.78 is 5.19. The van der Waals surface area contributed by atoms with Gasteiger partial charge in [-0.3, -0.25) is 4.79 Å². The van der Waals surface area contributed by atoms with Gasteiger partial charge in [0.15, 0.2) is 0 Å². The van der Waals surface area contributed by atoms with Gasteiger partial charge in [-0.15, -0.1) is 0 Å². The highest BCUT2D eigenvalue weighted by atomic mass is 16.5. The Bertz CT molecular complexity index is 277. The van der Waals surface area contributed by atoms with Gasteiger partial charge in [0.2, 0.25) is 5.91 Å². The summed E-state index contributed by atoms with van der Waals surface area (Å²) in [6.07, 6.45) is 0.807. The normalized spacial score (nSPS) is 19.5. The van der Waals surface area contributed by atoms with Crippen molar-refractivity contribution in [1.82, 2.24) is 10.2 Å². The lowest BCUT2D eigenvalue weighted by atomic mass is 9.98. The van der Waals surface area contributed by atoms with E-state index in [1.165, 1.54) is 0 Å². The molecule has 0 aliphatic carbocycles. The molecule has 3 amide bonds. The average molecular weight is 243 g/mol. The van der Waals surface area contributed by atoms with Crippen LogP contribution in [0.2, 0.25) is 0 Å². The molecule has 1 aliphatic rings. The van der Waals surface area contributed by atoms with E-state index in [1.807, 2.05) is 13.8 Å². The van der Waals surface area contributed by atoms with E-state index in [0.717, 1.165) is 6.42 Å². The fourth-order valence-corrected chi connectivity index (χ4v) is 1.82. The number of amides is 3. The second-order valence-electron chi connectivity index (χ2n) is 4.31. The summed E-state index contributed by atoms with van der Waals surface area (Å²) in [7, 11) is 0. The van der Waals surface area contributed by atoms with Crippen molar-refractivity contribution in [2.24, 2.45) is 11.7 Å². The number of carbonyl (C=O) groups is 2. The molecule has 0 radical (unpaired) electrons. The summed E-state index contributed by atoms with van der Waals surface area (Å²) in [6, 6.07) is -1.19. The molecule has 0 aromatic rings. The van der Waals surface area contributed by atoms with Gasteiger partial charge in [0.05, 0.1) is 13.2 Å². The van der Waals surface area contributed by atoms with Crippen LogP contribution < -0.4 is 11.1 Å². The Balaban J connectivity index is 2.66. The van der Waals surface area contributed by atoms with Gasteiger partial charge in [0, 0.05) is 13.1 Å². The Labute approximate surface area is 101 Å². The first-order valence-electron chi connectivity index (χ1n) is 5.98. The van der Waals surface area contributed by atoms with Gasteiger partial charge in [-0.25, -0.2) is 4.79 Å². The lowest BCUT2D eigenvalue weighted by Gasteiger charge is -2.32. The molecule has 1 fully saturated rings. The van der Waals surface area contributed by atoms with Crippen molar-refractivity contribution in [3.8, 4) is 0 Å². The molecule has 6 nitrogen and oxygen atoms in total. The van der Waals surface area contributed by atoms with Crippen LogP contribution >= 0.6 is 0 Å². The number of urea groups is 1. The zero-order chi connectivity index (χ0) is 12.8. The monoisotopic (exact) mass is 243 g/mol. The Kier molecular flexibility index (Phi) is 5.21. The van der Waals surface area contributed by atoms with E-state index in [9.17, 15) is 9.59 Å². The molecule has 98 valence electrons. The number of ether oxygens (including phenoxy) is 1. The van der Waals surface area contributed by atoms with Gasteiger partial charge in [0.1, 0.15) is 6.04 Å². The molecule has 0 aromatic carbocycles. The number of nitrogens with two attached hydrogens (primary N) is 1. The van der Waals surface area contributed by atoms with Crippen LogP contribution in [0.4, 0.5) is 4.79 Å². The number of rotatable bonds is 4. The third-order valence-electron chi connectivity index (χ3n) is 3.10. The van der Waals surface area contributed by atoms with Gasteiger partial charge in [-0.2, -0.15) is 0 Å². The summed E-state index contributed by atoms with van der Waals surface area (Å²) in [6.45, 7) is 6.16. The maximum atomic E-state index is 12.2. The second-order valence-corrected chi connectivity index (χ2v) is 4.31. The summed E-state index contributed by atoms with van der Waals surface area (Å²) in [4.78, 5) is 24.9. The molecule has 0 unspecified atom stereocenters. The van der Waals surface area contributed by atoms with Gasteiger partial charge >= 0.3 is 6.03 Å². The van der Waals surface area contributed by atoms with Crippen LogP contribution in [-0.4, -0.2) is 49.2 Å². The average Bonchev–Trinajstić information content (AvgIpc) is 2.35. The number of carbonyl (C=O) groups excluding carboxylic acids is 2. The predicted molar refractivity (Wildman–Crippen MR) is 63.4 cm³/mol. The first-order chi connectivity index (χ1) is 8.06. The molecule has 1 heterocycles.